The van der Waals surface area contributed by atoms with Crippen LogP contribution in [0.15, 0.2) is 18.3 Å². The van der Waals surface area contributed by atoms with Gasteiger partial charge in [0.25, 0.3) is 0 Å². The average Bonchev–Trinajstić information content (AvgIpc) is 3.20. The second-order valence-electron chi connectivity index (χ2n) is 5.40. The molecule has 0 spiro atoms. The molecule has 1 aliphatic heterocycles. The average molecular weight is 291 g/mol. The number of amides is 2. The first kappa shape index (κ1) is 13.8. The Morgan fingerprint density at radius 3 is 2.71 bits per heavy atom. The summed E-state index contributed by atoms with van der Waals surface area (Å²) in [5, 5.41) is 14.3. The van der Waals surface area contributed by atoms with Gasteiger partial charge in [-0.25, -0.2) is 14.6 Å². The number of ether oxygens (including phenoxy) is 1. The number of carboxylic acids is 1. The molecule has 2 fully saturated rings. The van der Waals surface area contributed by atoms with E-state index in [0.29, 0.717) is 18.2 Å². The fourth-order valence-electron chi connectivity index (χ4n) is 2.59. The van der Waals surface area contributed by atoms with Crippen LogP contribution < -0.4 is 10.6 Å². The van der Waals surface area contributed by atoms with Gasteiger partial charge in [-0.3, -0.25) is 0 Å². The van der Waals surface area contributed by atoms with Gasteiger partial charge >= 0.3 is 12.0 Å². The molecule has 1 aromatic heterocycles. The number of hydrogen-bond donors (Lipinski definition) is 3. The Kier molecular flexibility index (Phi) is 3.74. The molecule has 0 radical (unpaired) electrons. The topological polar surface area (TPSA) is 101 Å². The maximum atomic E-state index is 12.0. The molecule has 21 heavy (non-hydrogen) atoms. The number of nitrogens with one attached hydrogen (secondary N) is 2. The van der Waals surface area contributed by atoms with E-state index in [0.717, 1.165) is 6.42 Å². The predicted molar refractivity (Wildman–Crippen MR) is 74.2 cm³/mol. The molecule has 2 amide bonds. The molecule has 2 unspecified atom stereocenters. The number of anilines is 1. The number of urea groups is 1. The second kappa shape index (κ2) is 5.69. The number of carbonyl (C=O) groups is 2. The first-order chi connectivity index (χ1) is 10.1. The Hall–Kier alpha value is -2.15. The van der Waals surface area contributed by atoms with E-state index in [-0.39, 0.29) is 23.9 Å². The maximum absolute atomic E-state index is 12.0. The van der Waals surface area contributed by atoms with E-state index in [2.05, 4.69) is 15.6 Å². The third-order valence-corrected chi connectivity index (χ3v) is 3.78. The van der Waals surface area contributed by atoms with Gasteiger partial charge in [0.05, 0.1) is 24.0 Å². The molecular weight excluding hydrogens is 274 g/mol. The minimum Gasteiger partial charge on any atom is -0.477 e. The van der Waals surface area contributed by atoms with Crippen molar-refractivity contribution in [1.29, 1.82) is 0 Å². The van der Waals surface area contributed by atoms with E-state index in [1.54, 1.807) is 0 Å². The largest absolute Gasteiger partial charge is 0.477 e. The Labute approximate surface area is 121 Å². The number of hydrogen-bond acceptors (Lipinski definition) is 4. The molecule has 0 bridgehead atoms. The number of pyridine rings is 1. The zero-order valence-electron chi connectivity index (χ0n) is 11.4. The zero-order chi connectivity index (χ0) is 14.8. The quantitative estimate of drug-likeness (QED) is 0.780. The van der Waals surface area contributed by atoms with Gasteiger partial charge in [0.1, 0.15) is 5.69 Å². The van der Waals surface area contributed by atoms with Crippen LogP contribution in [0.2, 0.25) is 0 Å². The first-order valence-electron chi connectivity index (χ1n) is 7.02. The Bertz CT molecular complexity index is 542. The first-order valence-corrected chi connectivity index (χ1v) is 7.02. The highest BCUT2D eigenvalue weighted by molar-refractivity contribution is 5.90. The standard InChI is InChI=1S/C14H17N3O4/c18-13(19)11-4-3-9(7-15-11)16-14(20)17-10-5-6-21-12(10)8-1-2-8/h3-4,7-8,10,12H,1-2,5-6H2,(H,18,19)(H2,16,17,20). The lowest BCUT2D eigenvalue weighted by molar-refractivity contribution is 0.0690. The van der Waals surface area contributed by atoms with E-state index < -0.39 is 5.97 Å². The molecule has 2 aliphatic rings. The van der Waals surface area contributed by atoms with Gasteiger partial charge in [0.15, 0.2) is 0 Å². The van der Waals surface area contributed by atoms with E-state index in [1.165, 1.54) is 31.2 Å². The van der Waals surface area contributed by atoms with Crippen molar-refractivity contribution < 1.29 is 19.4 Å². The Morgan fingerprint density at radius 1 is 1.29 bits per heavy atom. The van der Waals surface area contributed by atoms with Crippen molar-refractivity contribution in [3.8, 4) is 0 Å². The minimum absolute atomic E-state index is 0.0451. The van der Waals surface area contributed by atoms with Crippen LogP contribution in [0, 0.1) is 5.92 Å². The van der Waals surface area contributed by atoms with Gasteiger partial charge in [-0.1, -0.05) is 0 Å². The highest BCUT2D eigenvalue weighted by Crippen LogP contribution is 2.38. The lowest BCUT2D eigenvalue weighted by Crippen LogP contribution is -2.43. The summed E-state index contributed by atoms with van der Waals surface area (Å²) in [6, 6.07) is 2.59. The van der Waals surface area contributed by atoms with Crippen molar-refractivity contribution in [3.05, 3.63) is 24.0 Å². The number of rotatable bonds is 4. The molecule has 0 aromatic carbocycles. The van der Waals surface area contributed by atoms with Gasteiger partial charge in [0, 0.05) is 6.61 Å². The third-order valence-electron chi connectivity index (χ3n) is 3.78. The SMILES string of the molecule is O=C(Nc1ccc(C(=O)O)nc1)NC1CCOC1C1CC1. The number of carbonyl (C=O) groups excluding carboxylic acids is 1. The maximum Gasteiger partial charge on any atom is 0.354 e. The van der Waals surface area contributed by atoms with Crippen LogP contribution in [0.3, 0.4) is 0 Å². The highest BCUT2D eigenvalue weighted by atomic mass is 16.5. The number of nitrogens with zero attached hydrogens (tertiary/aromatic N) is 1. The van der Waals surface area contributed by atoms with Crippen LogP contribution in [0.5, 0.6) is 0 Å². The summed E-state index contributed by atoms with van der Waals surface area (Å²) >= 11 is 0. The smallest absolute Gasteiger partial charge is 0.354 e. The number of carboxylic acid groups (broad SMARTS) is 1. The number of aromatic nitrogens is 1. The molecule has 3 N–H and O–H groups in total. The van der Waals surface area contributed by atoms with Gasteiger partial charge in [-0.15, -0.1) is 0 Å². The van der Waals surface area contributed by atoms with Crippen molar-refractivity contribution >= 4 is 17.7 Å². The number of aromatic carboxylic acids is 1. The van der Waals surface area contributed by atoms with Crippen LogP contribution in [0.1, 0.15) is 29.8 Å². The van der Waals surface area contributed by atoms with E-state index >= 15 is 0 Å². The summed E-state index contributed by atoms with van der Waals surface area (Å²) in [5.41, 5.74) is 0.401. The van der Waals surface area contributed by atoms with Crippen LogP contribution in [0.25, 0.3) is 0 Å². The van der Waals surface area contributed by atoms with E-state index in [9.17, 15) is 9.59 Å². The van der Waals surface area contributed by atoms with Crippen LogP contribution in [-0.4, -0.2) is 40.8 Å². The van der Waals surface area contributed by atoms with E-state index in [4.69, 9.17) is 9.84 Å². The molecule has 2 heterocycles. The third kappa shape index (κ3) is 3.30. The fraction of sp³-hybridized carbons (Fsp3) is 0.500. The molecular formula is C14H17N3O4. The minimum atomic E-state index is -1.10. The molecule has 1 aromatic rings. The van der Waals surface area contributed by atoms with Crippen LogP contribution in [-0.2, 0) is 4.74 Å². The normalized spacial score (nSPS) is 24.6. The second-order valence-corrected chi connectivity index (χ2v) is 5.40. The summed E-state index contributed by atoms with van der Waals surface area (Å²) in [5.74, 6) is -0.518. The molecule has 7 nitrogen and oxygen atoms in total. The highest BCUT2D eigenvalue weighted by Gasteiger charge is 2.41. The van der Waals surface area contributed by atoms with Crippen molar-refractivity contribution in [3.63, 3.8) is 0 Å². The van der Waals surface area contributed by atoms with Gasteiger partial charge in [0.2, 0.25) is 0 Å². The molecule has 1 saturated heterocycles. The molecule has 1 saturated carbocycles. The van der Waals surface area contributed by atoms with Crippen LogP contribution >= 0.6 is 0 Å². The Morgan fingerprint density at radius 2 is 2.10 bits per heavy atom. The van der Waals surface area contributed by atoms with Gasteiger partial charge in [-0.05, 0) is 37.3 Å². The van der Waals surface area contributed by atoms with Crippen molar-refractivity contribution in [2.24, 2.45) is 5.92 Å². The molecule has 3 rings (SSSR count). The summed E-state index contributed by atoms with van der Waals surface area (Å²) in [6.45, 7) is 0.682. The predicted octanol–water partition coefficient (Wildman–Crippen LogP) is 1.47. The van der Waals surface area contributed by atoms with Crippen molar-refractivity contribution in [1.82, 2.24) is 10.3 Å². The van der Waals surface area contributed by atoms with Crippen molar-refractivity contribution in [2.75, 3.05) is 11.9 Å². The molecule has 2 atom stereocenters. The van der Waals surface area contributed by atoms with Gasteiger partial charge < -0.3 is 20.5 Å². The summed E-state index contributed by atoms with van der Waals surface area (Å²) in [7, 11) is 0. The van der Waals surface area contributed by atoms with Gasteiger partial charge in [-0.2, -0.15) is 0 Å². The zero-order valence-corrected chi connectivity index (χ0v) is 11.4. The molecule has 112 valence electrons. The molecule has 7 heteroatoms. The Balaban J connectivity index is 1.54. The summed E-state index contributed by atoms with van der Waals surface area (Å²) in [6.07, 6.45) is 4.62. The fourth-order valence-corrected chi connectivity index (χ4v) is 2.59. The van der Waals surface area contributed by atoms with Crippen molar-refractivity contribution in [2.45, 2.75) is 31.4 Å². The monoisotopic (exact) mass is 291 g/mol. The van der Waals surface area contributed by atoms with Crippen LogP contribution in [0.4, 0.5) is 10.5 Å². The lowest BCUT2D eigenvalue weighted by atomic mass is 10.1. The summed E-state index contributed by atoms with van der Waals surface area (Å²) < 4.78 is 5.66. The van der Waals surface area contributed by atoms with E-state index in [1.807, 2.05) is 0 Å². The molecule has 1 aliphatic carbocycles. The summed E-state index contributed by atoms with van der Waals surface area (Å²) in [4.78, 5) is 26.4. The lowest BCUT2D eigenvalue weighted by Gasteiger charge is -2.19.